The molecule has 4 nitrogen and oxygen atoms in total. The number of phenols is 1. The molecule has 0 fully saturated rings. The first-order valence-electron chi connectivity index (χ1n) is 12.7. The molecule has 2 aromatic carbocycles. The van der Waals surface area contributed by atoms with E-state index in [1.54, 1.807) is 0 Å². The van der Waals surface area contributed by atoms with Crippen LogP contribution in [-0.4, -0.2) is 61.8 Å². The van der Waals surface area contributed by atoms with E-state index in [1.165, 1.54) is 22.3 Å². The highest BCUT2D eigenvalue weighted by Crippen LogP contribution is 2.56. The molecule has 0 radical (unpaired) electrons. The Morgan fingerprint density at radius 1 is 0.912 bits per heavy atom. The van der Waals surface area contributed by atoms with E-state index in [9.17, 15) is 5.11 Å². The smallest absolute Gasteiger partial charge is 0.123 e. The molecule has 2 aliphatic rings. The van der Waals surface area contributed by atoms with Gasteiger partial charge >= 0.3 is 0 Å². The molecule has 184 valence electrons. The maximum absolute atomic E-state index is 11.0. The third-order valence-electron chi connectivity index (χ3n) is 7.62. The van der Waals surface area contributed by atoms with Gasteiger partial charge in [-0.2, -0.15) is 0 Å². The molecule has 1 aliphatic carbocycles. The van der Waals surface area contributed by atoms with E-state index in [-0.39, 0.29) is 17.4 Å². The van der Waals surface area contributed by atoms with Crippen LogP contribution in [0.15, 0.2) is 48.0 Å². The zero-order valence-electron chi connectivity index (χ0n) is 22.1. The Balaban J connectivity index is 1.74. The van der Waals surface area contributed by atoms with Gasteiger partial charge in [-0.1, -0.05) is 35.9 Å². The minimum atomic E-state index is -0.337. The predicted octanol–water partition coefficient (Wildman–Crippen LogP) is 5.61. The number of aromatic hydroxyl groups is 1. The van der Waals surface area contributed by atoms with Gasteiger partial charge in [0.05, 0.1) is 0 Å². The van der Waals surface area contributed by atoms with Crippen molar-refractivity contribution in [3.8, 4) is 11.5 Å². The van der Waals surface area contributed by atoms with Crippen molar-refractivity contribution in [2.75, 3.05) is 41.3 Å². The highest BCUT2D eigenvalue weighted by molar-refractivity contribution is 5.49. The molecule has 4 heteroatoms. The summed E-state index contributed by atoms with van der Waals surface area (Å²) in [6.45, 7) is 8.72. The van der Waals surface area contributed by atoms with Crippen molar-refractivity contribution in [3.05, 3.63) is 70.3 Å². The van der Waals surface area contributed by atoms with E-state index in [4.69, 9.17) is 4.74 Å². The third-order valence-corrected chi connectivity index (χ3v) is 7.62. The summed E-state index contributed by atoms with van der Waals surface area (Å²) in [7, 11) is 8.45. The quantitative estimate of drug-likeness (QED) is 0.543. The maximum atomic E-state index is 11.0. The monoisotopic (exact) mass is 462 g/mol. The summed E-state index contributed by atoms with van der Waals surface area (Å²) in [5.41, 5.74) is 6.07. The van der Waals surface area contributed by atoms with Crippen LogP contribution in [0.3, 0.4) is 0 Å². The molecule has 0 saturated heterocycles. The zero-order valence-corrected chi connectivity index (χ0v) is 22.1. The lowest BCUT2D eigenvalue weighted by molar-refractivity contribution is -0.000501. The topological polar surface area (TPSA) is 35.9 Å². The van der Waals surface area contributed by atoms with E-state index in [0.29, 0.717) is 11.7 Å². The Hall–Kier alpha value is -2.30. The van der Waals surface area contributed by atoms with Crippen molar-refractivity contribution in [1.29, 1.82) is 0 Å². The van der Waals surface area contributed by atoms with Crippen LogP contribution in [0.4, 0.5) is 0 Å². The lowest BCUT2D eigenvalue weighted by Crippen LogP contribution is -2.48. The van der Waals surface area contributed by atoms with Gasteiger partial charge in [0.1, 0.15) is 17.1 Å². The number of benzene rings is 2. The van der Waals surface area contributed by atoms with Crippen molar-refractivity contribution in [2.45, 2.75) is 57.5 Å². The van der Waals surface area contributed by atoms with Gasteiger partial charge in [0.25, 0.3) is 0 Å². The van der Waals surface area contributed by atoms with Crippen LogP contribution in [0, 0.1) is 5.92 Å². The van der Waals surface area contributed by atoms with Crippen LogP contribution < -0.4 is 4.74 Å². The number of fused-ring (bicyclic) bond motifs is 3. The Bertz CT molecular complexity index is 1050. The zero-order chi connectivity index (χ0) is 24.6. The minimum absolute atomic E-state index is 0.117. The number of phenolic OH excluding ortho intramolecular Hbond substituents is 1. The van der Waals surface area contributed by atoms with Gasteiger partial charge in [0.2, 0.25) is 0 Å². The molecule has 1 aliphatic heterocycles. The first kappa shape index (κ1) is 24.8. The van der Waals surface area contributed by atoms with Crippen LogP contribution in [-0.2, 0) is 12.8 Å². The summed E-state index contributed by atoms with van der Waals surface area (Å²) in [6.07, 6.45) is 5.44. The summed E-state index contributed by atoms with van der Waals surface area (Å²) >= 11 is 0. The molecule has 0 spiro atoms. The molecule has 1 N–H and O–H groups in total. The summed E-state index contributed by atoms with van der Waals surface area (Å²) in [5, 5.41) is 11.0. The summed E-state index contributed by atoms with van der Waals surface area (Å²) in [4.78, 5) is 4.44. The second-order valence-corrected chi connectivity index (χ2v) is 11.5. The molecule has 1 heterocycles. The summed E-state index contributed by atoms with van der Waals surface area (Å²) < 4.78 is 6.68. The van der Waals surface area contributed by atoms with Gasteiger partial charge in [-0.3, -0.25) is 0 Å². The fourth-order valence-corrected chi connectivity index (χ4v) is 5.93. The van der Waals surface area contributed by atoms with Crippen molar-refractivity contribution in [2.24, 2.45) is 5.92 Å². The van der Waals surface area contributed by atoms with Crippen molar-refractivity contribution < 1.29 is 9.84 Å². The van der Waals surface area contributed by atoms with Crippen LogP contribution in [0.2, 0.25) is 0 Å². The molecule has 0 amide bonds. The third kappa shape index (κ3) is 5.18. The molecular formula is C30H42N2O2. The van der Waals surface area contributed by atoms with Crippen LogP contribution >= 0.6 is 0 Å². The first-order chi connectivity index (χ1) is 16.0. The molecule has 4 rings (SSSR count). The molecule has 0 saturated carbocycles. The number of likely N-dealkylation sites (N-methyl/N-ethyl adjacent to an activating group) is 2. The normalized spacial score (nSPS) is 23.3. The fraction of sp³-hybridized carbons (Fsp3) is 0.533. The number of nitrogens with zero attached hydrogens (tertiary/aromatic N) is 2. The Kier molecular flexibility index (Phi) is 7.12. The molecular weight excluding hydrogens is 420 g/mol. The number of allylic oxidation sites excluding steroid dienone is 2. The second-order valence-electron chi connectivity index (χ2n) is 11.5. The van der Waals surface area contributed by atoms with E-state index < -0.39 is 0 Å². The Morgan fingerprint density at radius 2 is 1.50 bits per heavy atom. The summed E-state index contributed by atoms with van der Waals surface area (Å²) in [5.74, 6) is 2.16. The average Bonchev–Trinajstić information content (AvgIpc) is 2.76. The van der Waals surface area contributed by atoms with E-state index in [1.807, 2.05) is 6.07 Å². The molecule has 2 aromatic rings. The maximum Gasteiger partial charge on any atom is 0.123 e. The van der Waals surface area contributed by atoms with E-state index in [0.717, 1.165) is 43.7 Å². The Morgan fingerprint density at radius 3 is 2.12 bits per heavy atom. The Labute approximate surface area is 206 Å². The standard InChI is InChI=1S/C30H42N2O2/c1-20-16-25(23-18-21(8-10-27(23)33)12-14-31(4)5)29-26(17-20)24-19-22(13-15-32(6)7)9-11-28(24)34-30(29,2)3/h8-11,16,18-19,25-26,29,33H,12-15,17H2,1-7H3/t25-,26-,29-/m1/s1. The van der Waals surface area contributed by atoms with Gasteiger partial charge < -0.3 is 19.6 Å². The van der Waals surface area contributed by atoms with Crippen LogP contribution in [0.1, 0.15) is 61.3 Å². The fourth-order valence-electron chi connectivity index (χ4n) is 5.93. The van der Waals surface area contributed by atoms with Gasteiger partial charge in [0.15, 0.2) is 0 Å². The SMILES string of the molecule is CC1=C[C@H](c2cc(CCN(C)C)ccc2O)[C@@H]2[C@H](C1)c1cc(CCN(C)C)ccc1OC2(C)C. The molecule has 0 unspecified atom stereocenters. The van der Waals surface area contributed by atoms with Crippen molar-refractivity contribution in [3.63, 3.8) is 0 Å². The van der Waals surface area contributed by atoms with Crippen molar-refractivity contribution in [1.82, 2.24) is 9.80 Å². The van der Waals surface area contributed by atoms with Gasteiger partial charge in [-0.25, -0.2) is 0 Å². The number of ether oxygens (including phenoxy) is 1. The largest absolute Gasteiger partial charge is 0.508 e. The second kappa shape index (κ2) is 9.75. The lowest BCUT2D eigenvalue weighted by atomic mass is 9.61. The van der Waals surface area contributed by atoms with Gasteiger partial charge in [0, 0.05) is 30.5 Å². The van der Waals surface area contributed by atoms with Gasteiger partial charge in [-0.05, 0) is 103 Å². The molecule has 34 heavy (non-hydrogen) atoms. The number of rotatable bonds is 7. The highest BCUT2D eigenvalue weighted by atomic mass is 16.5. The summed E-state index contributed by atoms with van der Waals surface area (Å²) in [6, 6.07) is 13.0. The predicted molar refractivity (Wildman–Crippen MR) is 141 cm³/mol. The molecule has 3 atom stereocenters. The van der Waals surface area contributed by atoms with Crippen LogP contribution in [0.25, 0.3) is 0 Å². The minimum Gasteiger partial charge on any atom is -0.508 e. The molecule has 0 bridgehead atoms. The number of hydrogen-bond acceptors (Lipinski definition) is 4. The number of hydrogen-bond donors (Lipinski definition) is 1. The van der Waals surface area contributed by atoms with Crippen molar-refractivity contribution >= 4 is 0 Å². The van der Waals surface area contributed by atoms with Crippen LogP contribution in [0.5, 0.6) is 11.5 Å². The molecule has 0 aromatic heterocycles. The van der Waals surface area contributed by atoms with Gasteiger partial charge in [-0.15, -0.1) is 0 Å². The lowest BCUT2D eigenvalue weighted by Gasteiger charge is -2.50. The average molecular weight is 463 g/mol. The highest BCUT2D eigenvalue weighted by Gasteiger charge is 2.49. The first-order valence-corrected chi connectivity index (χ1v) is 12.7. The van der Waals surface area contributed by atoms with E-state index >= 15 is 0 Å². The van der Waals surface area contributed by atoms with E-state index in [2.05, 4.69) is 95.2 Å².